The number of rotatable bonds is 1. The van der Waals surface area contributed by atoms with Gasteiger partial charge in [-0.15, -0.1) is 0 Å². The molecule has 1 heterocycles. The first kappa shape index (κ1) is 9.00. The lowest BCUT2D eigenvalue weighted by atomic mass is 9.82. The molecule has 2 fully saturated rings. The molecule has 0 radical (unpaired) electrons. The lowest BCUT2D eigenvalue weighted by molar-refractivity contribution is -0.156. The summed E-state index contributed by atoms with van der Waals surface area (Å²) >= 11 is 0. The van der Waals surface area contributed by atoms with E-state index >= 15 is 0 Å². The van der Waals surface area contributed by atoms with Crippen molar-refractivity contribution in [2.45, 2.75) is 57.3 Å². The van der Waals surface area contributed by atoms with Gasteiger partial charge in [-0.1, -0.05) is 0 Å². The van der Waals surface area contributed by atoms with Crippen LogP contribution in [0.2, 0.25) is 0 Å². The normalized spacial score (nSPS) is 29.6. The summed E-state index contributed by atoms with van der Waals surface area (Å²) in [6.45, 7) is 5.63. The minimum atomic E-state index is -0.395. The third-order valence-electron chi connectivity index (χ3n) is 2.59. The van der Waals surface area contributed by atoms with Crippen LogP contribution in [0.3, 0.4) is 0 Å². The highest BCUT2D eigenvalue weighted by atomic mass is 16.7. The molecule has 1 spiro atoms. The Morgan fingerprint density at radius 2 is 2.08 bits per heavy atom. The maximum atomic E-state index is 11.5. The van der Waals surface area contributed by atoms with Crippen LogP contribution in [-0.4, -0.2) is 23.3 Å². The van der Waals surface area contributed by atoms with Gasteiger partial charge in [0.2, 0.25) is 0 Å². The molecule has 3 nitrogen and oxygen atoms in total. The van der Waals surface area contributed by atoms with Gasteiger partial charge in [0.15, 0.2) is 6.10 Å². The Labute approximate surface area is 78.4 Å². The fourth-order valence-electron chi connectivity index (χ4n) is 1.72. The van der Waals surface area contributed by atoms with Crippen molar-refractivity contribution in [1.82, 2.24) is 0 Å². The molecule has 0 N–H and O–H groups in total. The zero-order chi connectivity index (χ0) is 9.69. The van der Waals surface area contributed by atoms with Gasteiger partial charge < -0.3 is 9.47 Å². The SMILES string of the molecule is CC(C)(C)OC(=O)C1OC12CCC2. The van der Waals surface area contributed by atoms with Gasteiger partial charge in [0.05, 0.1) is 0 Å². The van der Waals surface area contributed by atoms with Crippen molar-refractivity contribution >= 4 is 5.97 Å². The third kappa shape index (κ3) is 1.57. The van der Waals surface area contributed by atoms with Crippen LogP contribution in [0.25, 0.3) is 0 Å². The van der Waals surface area contributed by atoms with Gasteiger partial charge in [0.1, 0.15) is 11.2 Å². The average Bonchev–Trinajstić information content (AvgIpc) is 2.53. The molecular weight excluding hydrogens is 168 g/mol. The van der Waals surface area contributed by atoms with Crippen LogP contribution in [0.4, 0.5) is 0 Å². The van der Waals surface area contributed by atoms with Crippen LogP contribution in [0, 0.1) is 0 Å². The summed E-state index contributed by atoms with van der Waals surface area (Å²) in [5.41, 5.74) is -0.490. The number of hydrogen-bond acceptors (Lipinski definition) is 3. The number of hydrogen-bond donors (Lipinski definition) is 0. The van der Waals surface area contributed by atoms with Crippen molar-refractivity contribution in [3.8, 4) is 0 Å². The van der Waals surface area contributed by atoms with E-state index < -0.39 is 5.60 Å². The van der Waals surface area contributed by atoms with Crippen molar-refractivity contribution in [3.05, 3.63) is 0 Å². The summed E-state index contributed by atoms with van der Waals surface area (Å²) in [6.07, 6.45) is 2.97. The van der Waals surface area contributed by atoms with Gasteiger partial charge in [-0.05, 0) is 40.0 Å². The monoisotopic (exact) mass is 184 g/mol. The smallest absolute Gasteiger partial charge is 0.338 e. The maximum Gasteiger partial charge on any atom is 0.338 e. The van der Waals surface area contributed by atoms with E-state index in [9.17, 15) is 4.79 Å². The largest absolute Gasteiger partial charge is 0.458 e. The fraction of sp³-hybridized carbons (Fsp3) is 0.900. The molecule has 1 unspecified atom stereocenters. The van der Waals surface area contributed by atoms with Crippen LogP contribution < -0.4 is 0 Å². The second-order valence-electron chi connectivity index (χ2n) is 4.95. The number of carbonyl (C=O) groups is 1. The highest BCUT2D eigenvalue weighted by molar-refractivity contribution is 5.80. The van der Waals surface area contributed by atoms with Gasteiger partial charge >= 0.3 is 5.97 Å². The Morgan fingerprint density at radius 1 is 1.46 bits per heavy atom. The summed E-state index contributed by atoms with van der Waals surface area (Å²) in [4.78, 5) is 11.5. The molecule has 74 valence electrons. The molecule has 0 aromatic rings. The van der Waals surface area contributed by atoms with Gasteiger partial charge in [0.25, 0.3) is 0 Å². The second-order valence-corrected chi connectivity index (χ2v) is 4.95. The molecule has 0 amide bonds. The average molecular weight is 184 g/mol. The van der Waals surface area contributed by atoms with Gasteiger partial charge in [-0.2, -0.15) is 0 Å². The van der Waals surface area contributed by atoms with E-state index in [1.54, 1.807) is 0 Å². The minimum absolute atomic E-state index is 0.0949. The molecule has 1 saturated heterocycles. The highest BCUT2D eigenvalue weighted by Gasteiger charge is 2.65. The Kier molecular flexibility index (Phi) is 1.71. The minimum Gasteiger partial charge on any atom is -0.458 e. The van der Waals surface area contributed by atoms with Crippen molar-refractivity contribution in [2.75, 3.05) is 0 Å². The lowest BCUT2D eigenvalue weighted by Gasteiger charge is -2.23. The van der Waals surface area contributed by atoms with E-state index in [1.165, 1.54) is 6.42 Å². The fourth-order valence-corrected chi connectivity index (χ4v) is 1.72. The summed E-state index contributed by atoms with van der Waals surface area (Å²) in [5, 5.41) is 0. The molecule has 1 atom stereocenters. The van der Waals surface area contributed by atoms with Gasteiger partial charge in [-0.3, -0.25) is 0 Å². The second kappa shape index (κ2) is 2.47. The molecule has 1 aliphatic carbocycles. The van der Waals surface area contributed by atoms with Gasteiger partial charge in [0, 0.05) is 0 Å². The van der Waals surface area contributed by atoms with E-state index in [-0.39, 0.29) is 17.7 Å². The summed E-state index contributed by atoms with van der Waals surface area (Å²) in [7, 11) is 0. The van der Waals surface area contributed by atoms with Crippen LogP contribution in [-0.2, 0) is 14.3 Å². The number of ether oxygens (including phenoxy) is 2. The van der Waals surface area contributed by atoms with Crippen molar-refractivity contribution in [1.29, 1.82) is 0 Å². The molecule has 3 heteroatoms. The Hall–Kier alpha value is -0.570. The number of carbonyl (C=O) groups excluding carboxylic acids is 1. The van der Waals surface area contributed by atoms with Gasteiger partial charge in [-0.25, -0.2) is 4.79 Å². The van der Waals surface area contributed by atoms with E-state index in [2.05, 4.69) is 0 Å². The molecule has 0 aromatic carbocycles. The molecule has 2 rings (SSSR count). The van der Waals surface area contributed by atoms with E-state index in [1.807, 2.05) is 20.8 Å². The Balaban J connectivity index is 1.86. The first-order valence-electron chi connectivity index (χ1n) is 4.84. The Morgan fingerprint density at radius 3 is 2.38 bits per heavy atom. The molecular formula is C10H16O3. The summed E-state index contributed by atoms with van der Waals surface area (Å²) in [5.74, 6) is -0.188. The van der Waals surface area contributed by atoms with Crippen molar-refractivity contribution in [2.24, 2.45) is 0 Å². The highest BCUT2D eigenvalue weighted by Crippen LogP contribution is 2.52. The molecule has 1 aliphatic heterocycles. The third-order valence-corrected chi connectivity index (χ3v) is 2.59. The van der Waals surface area contributed by atoms with Crippen LogP contribution >= 0.6 is 0 Å². The van der Waals surface area contributed by atoms with E-state index in [0.29, 0.717) is 0 Å². The lowest BCUT2D eigenvalue weighted by Crippen LogP contribution is -2.33. The predicted molar refractivity (Wildman–Crippen MR) is 47.3 cm³/mol. The predicted octanol–water partition coefficient (Wildman–Crippen LogP) is 1.65. The zero-order valence-electron chi connectivity index (χ0n) is 8.42. The van der Waals surface area contributed by atoms with E-state index in [0.717, 1.165) is 12.8 Å². The topological polar surface area (TPSA) is 38.8 Å². The van der Waals surface area contributed by atoms with Crippen LogP contribution in [0.15, 0.2) is 0 Å². The molecule has 1 saturated carbocycles. The molecule has 2 aliphatic rings. The molecule has 13 heavy (non-hydrogen) atoms. The summed E-state index contributed by atoms with van der Waals surface area (Å²) in [6, 6.07) is 0. The number of epoxide rings is 1. The van der Waals surface area contributed by atoms with Crippen molar-refractivity contribution < 1.29 is 14.3 Å². The zero-order valence-corrected chi connectivity index (χ0v) is 8.42. The van der Waals surface area contributed by atoms with Crippen LogP contribution in [0.5, 0.6) is 0 Å². The first-order chi connectivity index (χ1) is 5.93. The number of esters is 1. The first-order valence-corrected chi connectivity index (χ1v) is 4.84. The standard InChI is InChI=1S/C10H16O3/c1-9(2,3)13-8(11)7-10(12-7)5-4-6-10/h7H,4-6H2,1-3H3. The molecule has 0 aromatic heterocycles. The molecule has 0 bridgehead atoms. The Bertz CT molecular complexity index is 235. The summed E-state index contributed by atoms with van der Waals surface area (Å²) < 4.78 is 10.6. The van der Waals surface area contributed by atoms with Crippen LogP contribution in [0.1, 0.15) is 40.0 Å². The van der Waals surface area contributed by atoms with Crippen molar-refractivity contribution in [3.63, 3.8) is 0 Å². The van der Waals surface area contributed by atoms with E-state index in [4.69, 9.17) is 9.47 Å². The maximum absolute atomic E-state index is 11.5. The quantitative estimate of drug-likeness (QED) is 0.459.